The maximum absolute atomic E-state index is 13.1. The zero-order valence-electron chi connectivity index (χ0n) is 16.6. The van der Waals surface area contributed by atoms with Crippen molar-refractivity contribution in [3.05, 3.63) is 93.2 Å². The van der Waals surface area contributed by atoms with E-state index in [1.807, 2.05) is 42.5 Å². The largest absolute Gasteiger partial charge is 0.491 e. The zero-order chi connectivity index (χ0) is 21.6. The highest BCUT2D eigenvalue weighted by Gasteiger charge is 2.12. The summed E-state index contributed by atoms with van der Waals surface area (Å²) in [4.78, 5) is 17.9. The second kappa shape index (κ2) is 9.96. The van der Waals surface area contributed by atoms with Crippen LogP contribution >= 0.6 is 23.2 Å². The molecule has 0 aliphatic rings. The summed E-state index contributed by atoms with van der Waals surface area (Å²) in [5.74, 6) is 1.27. The number of halogens is 2. The Kier molecular flexibility index (Phi) is 6.87. The molecule has 0 N–H and O–H groups in total. The van der Waals surface area contributed by atoms with E-state index < -0.39 is 0 Å². The minimum absolute atomic E-state index is 0.102. The fourth-order valence-corrected chi connectivity index (χ4v) is 3.53. The maximum atomic E-state index is 13.1. The Morgan fingerprint density at radius 2 is 1.65 bits per heavy atom. The van der Waals surface area contributed by atoms with Crippen LogP contribution in [0.4, 0.5) is 0 Å². The van der Waals surface area contributed by atoms with Gasteiger partial charge < -0.3 is 9.47 Å². The summed E-state index contributed by atoms with van der Waals surface area (Å²) in [7, 11) is 0. The molecule has 0 saturated heterocycles. The van der Waals surface area contributed by atoms with Crippen LogP contribution in [0.1, 0.15) is 0 Å². The third-order valence-corrected chi connectivity index (χ3v) is 5.20. The van der Waals surface area contributed by atoms with Crippen LogP contribution in [0.2, 0.25) is 10.0 Å². The maximum Gasteiger partial charge on any atom is 0.261 e. The molecule has 4 aromatic rings. The fourth-order valence-electron chi connectivity index (χ4n) is 3.23. The lowest BCUT2D eigenvalue weighted by Crippen LogP contribution is -2.26. The lowest BCUT2D eigenvalue weighted by atomic mass is 10.2. The van der Waals surface area contributed by atoms with E-state index in [0.717, 1.165) is 5.56 Å². The van der Waals surface area contributed by atoms with E-state index in [-0.39, 0.29) is 5.56 Å². The van der Waals surface area contributed by atoms with E-state index >= 15 is 0 Å². The van der Waals surface area contributed by atoms with Crippen LogP contribution in [0.3, 0.4) is 0 Å². The van der Waals surface area contributed by atoms with Gasteiger partial charge in [0.1, 0.15) is 18.2 Å². The van der Waals surface area contributed by atoms with Crippen molar-refractivity contribution in [2.45, 2.75) is 6.54 Å². The zero-order valence-corrected chi connectivity index (χ0v) is 18.1. The second-order valence-corrected chi connectivity index (χ2v) is 7.71. The fraction of sp³-hybridized carbons (Fsp3) is 0.167. The molecule has 0 spiro atoms. The highest BCUT2D eigenvalue weighted by atomic mass is 35.5. The topological polar surface area (TPSA) is 53.4 Å². The molecule has 0 fully saturated rings. The molecule has 158 valence electrons. The number of fused-ring (bicyclic) bond motifs is 1. The molecule has 5 nitrogen and oxygen atoms in total. The molecule has 7 heteroatoms. The molecular weight excluding hydrogens is 435 g/mol. The number of ether oxygens (including phenoxy) is 2. The molecule has 0 aliphatic heterocycles. The molecule has 0 bridgehead atoms. The number of hydrogen-bond donors (Lipinski definition) is 0. The van der Waals surface area contributed by atoms with Gasteiger partial charge in [0, 0.05) is 15.6 Å². The van der Waals surface area contributed by atoms with Gasteiger partial charge in [-0.15, -0.1) is 0 Å². The first-order chi connectivity index (χ1) is 15.1. The molecular formula is C24H20Cl2N2O3. The van der Waals surface area contributed by atoms with E-state index in [1.165, 1.54) is 0 Å². The molecule has 0 aliphatic carbocycles. The van der Waals surface area contributed by atoms with Crippen LogP contribution < -0.4 is 10.3 Å². The quantitative estimate of drug-likeness (QED) is 0.331. The number of aromatic nitrogens is 2. The minimum atomic E-state index is -0.102. The Morgan fingerprint density at radius 1 is 0.839 bits per heavy atom. The normalized spacial score (nSPS) is 11.0. The Bertz CT molecular complexity index is 1240. The lowest BCUT2D eigenvalue weighted by Gasteiger charge is -2.14. The summed E-state index contributed by atoms with van der Waals surface area (Å²) in [5, 5.41) is 1.82. The predicted molar refractivity (Wildman–Crippen MR) is 124 cm³/mol. The number of hydrogen-bond acceptors (Lipinski definition) is 4. The average Bonchev–Trinajstić information content (AvgIpc) is 2.78. The summed E-state index contributed by atoms with van der Waals surface area (Å²) >= 11 is 12.0. The first-order valence-corrected chi connectivity index (χ1v) is 10.6. The van der Waals surface area contributed by atoms with E-state index in [0.29, 0.717) is 58.9 Å². The summed E-state index contributed by atoms with van der Waals surface area (Å²) in [6, 6.07) is 21.8. The molecule has 0 amide bonds. The van der Waals surface area contributed by atoms with Crippen molar-refractivity contribution < 1.29 is 9.47 Å². The Balaban J connectivity index is 1.47. The molecule has 31 heavy (non-hydrogen) atoms. The molecule has 0 atom stereocenters. The Morgan fingerprint density at radius 3 is 2.45 bits per heavy atom. The van der Waals surface area contributed by atoms with Crippen molar-refractivity contribution >= 4 is 34.1 Å². The first kappa shape index (κ1) is 21.4. The van der Waals surface area contributed by atoms with Gasteiger partial charge in [0.05, 0.1) is 30.7 Å². The van der Waals surface area contributed by atoms with Gasteiger partial charge in [-0.2, -0.15) is 0 Å². The SMILES string of the molecule is O=c1c2ccccc2nc(-c2ccc(Cl)cc2)n1CCOCCOc1cccc(Cl)c1. The van der Waals surface area contributed by atoms with E-state index in [9.17, 15) is 4.79 Å². The van der Waals surface area contributed by atoms with Crippen LogP contribution in [0, 0.1) is 0 Å². The third-order valence-electron chi connectivity index (χ3n) is 4.72. The van der Waals surface area contributed by atoms with Crippen molar-refractivity contribution in [2.75, 3.05) is 19.8 Å². The van der Waals surface area contributed by atoms with Crippen LogP contribution in [-0.4, -0.2) is 29.4 Å². The van der Waals surface area contributed by atoms with Gasteiger partial charge in [0.25, 0.3) is 5.56 Å². The van der Waals surface area contributed by atoms with Gasteiger partial charge in [0.15, 0.2) is 0 Å². The monoisotopic (exact) mass is 454 g/mol. The van der Waals surface area contributed by atoms with Gasteiger partial charge in [-0.3, -0.25) is 9.36 Å². The van der Waals surface area contributed by atoms with Crippen LogP contribution in [0.5, 0.6) is 5.75 Å². The van der Waals surface area contributed by atoms with E-state index in [2.05, 4.69) is 0 Å². The Labute approximate surface area is 189 Å². The van der Waals surface area contributed by atoms with Crippen molar-refractivity contribution in [3.8, 4) is 17.1 Å². The van der Waals surface area contributed by atoms with Gasteiger partial charge in [-0.1, -0.05) is 41.4 Å². The van der Waals surface area contributed by atoms with E-state index in [1.54, 1.807) is 34.9 Å². The van der Waals surface area contributed by atoms with Crippen molar-refractivity contribution in [1.82, 2.24) is 9.55 Å². The van der Waals surface area contributed by atoms with Crippen LogP contribution in [0.15, 0.2) is 77.6 Å². The molecule has 0 unspecified atom stereocenters. The predicted octanol–water partition coefficient (Wildman–Crippen LogP) is 5.47. The second-order valence-electron chi connectivity index (χ2n) is 6.83. The summed E-state index contributed by atoms with van der Waals surface area (Å²) in [6.07, 6.45) is 0. The molecule has 3 aromatic carbocycles. The lowest BCUT2D eigenvalue weighted by molar-refractivity contribution is 0.0941. The summed E-state index contributed by atoms with van der Waals surface area (Å²) < 4.78 is 13.0. The summed E-state index contributed by atoms with van der Waals surface area (Å²) in [6.45, 7) is 1.49. The highest BCUT2D eigenvalue weighted by Crippen LogP contribution is 2.21. The van der Waals surface area contributed by atoms with Crippen LogP contribution in [0.25, 0.3) is 22.3 Å². The smallest absolute Gasteiger partial charge is 0.261 e. The minimum Gasteiger partial charge on any atom is -0.491 e. The van der Waals surface area contributed by atoms with E-state index in [4.69, 9.17) is 37.7 Å². The van der Waals surface area contributed by atoms with Gasteiger partial charge in [-0.25, -0.2) is 4.98 Å². The number of nitrogens with zero attached hydrogens (tertiary/aromatic N) is 2. The Hall–Kier alpha value is -2.86. The first-order valence-electron chi connectivity index (χ1n) is 9.83. The molecule has 4 rings (SSSR count). The van der Waals surface area contributed by atoms with Gasteiger partial charge in [0.2, 0.25) is 0 Å². The molecule has 0 saturated carbocycles. The van der Waals surface area contributed by atoms with Crippen LogP contribution in [-0.2, 0) is 11.3 Å². The van der Waals surface area contributed by atoms with Crippen molar-refractivity contribution in [2.24, 2.45) is 0 Å². The molecule has 0 radical (unpaired) electrons. The average molecular weight is 455 g/mol. The number of para-hydroxylation sites is 1. The van der Waals surface area contributed by atoms with Crippen molar-refractivity contribution in [1.29, 1.82) is 0 Å². The number of rotatable bonds is 8. The molecule has 1 heterocycles. The number of benzene rings is 3. The standard InChI is InChI=1S/C24H20Cl2N2O3/c25-18-10-8-17(9-11-18)23-27-22-7-2-1-6-21(22)24(29)28(23)12-13-30-14-15-31-20-5-3-4-19(26)16-20/h1-11,16H,12-15H2. The molecule has 1 aromatic heterocycles. The third kappa shape index (κ3) is 5.25. The van der Waals surface area contributed by atoms with Gasteiger partial charge >= 0.3 is 0 Å². The van der Waals surface area contributed by atoms with Crippen molar-refractivity contribution in [3.63, 3.8) is 0 Å². The van der Waals surface area contributed by atoms with Gasteiger partial charge in [-0.05, 0) is 54.6 Å². The summed E-state index contributed by atoms with van der Waals surface area (Å²) in [5.41, 5.74) is 1.37. The highest BCUT2D eigenvalue weighted by molar-refractivity contribution is 6.30.